The second-order valence-electron chi connectivity index (χ2n) is 8.02. The third-order valence-electron chi connectivity index (χ3n) is 5.33. The molecular weight excluding hydrogens is 332 g/mol. The van der Waals surface area contributed by atoms with E-state index < -0.39 is 5.72 Å². The Kier molecular flexibility index (Phi) is 3.87. The van der Waals surface area contributed by atoms with Crippen LogP contribution in [0.5, 0.6) is 0 Å². The number of carbonyl (C=O) groups excluding carboxylic acids is 1. The summed E-state index contributed by atoms with van der Waals surface area (Å²) in [6.07, 6.45) is 3.81. The Hall–Kier alpha value is -1.88. The fourth-order valence-corrected chi connectivity index (χ4v) is 5.00. The SMILES string of the molecule is CC1(C)C[C@]2(C[C@@H](c3ccccc3)C3=C(CCCC3=O)O2)NC(=S)N1. The Morgan fingerprint density at radius 1 is 1.16 bits per heavy atom. The van der Waals surface area contributed by atoms with Gasteiger partial charge in [0.15, 0.2) is 16.6 Å². The van der Waals surface area contributed by atoms with Gasteiger partial charge in [-0.05, 0) is 38.0 Å². The number of thiocarbonyl (C=S) groups is 1. The first-order valence-electron chi connectivity index (χ1n) is 8.98. The summed E-state index contributed by atoms with van der Waals surface area (Å²) in [5, 5.41) is 7.33. The van der Waals surface area contributed by atoms with Gasteiger partial charge in [-0.25, -0.2) is 0 Å². The molecule has 1 fully saturated rings. The van der Waals surface area contributed by atoms with Gasteiger partial charge in [-0.3, -0.25) is 4.79 Å². The molecule has 1 aromatic rings. The summed E-state index contributed by atoms with van der Waals surface area (Å²) in [5.74, 6) is 1.16. The zero-order valence-corrected chi connectivity index (χ0v) is 15.5. The van der Waals surface area contributed by atoms with Crippen LogP contribution in [-0.2, 0) is 9.53 Å². The number of hydrogen-bond donors (Lipinski definition) is 2. The maximum Gasteiger partial charge on any atom is 0.184 e. The number of ether oxygens (including phenoxy) is 1. The van der Waals surface area contributed by atoms with Gasteiger partial charge in [0, 0.05) is 42.7 Å². The first kappa shape index (κ1) is 16.6. The normalized spacial score (nSPS) is 31.0. The van der Waals surface area contributed by atoms with E-state index in [9.17, 15) is 4.79 Å². The van der Waals surface area contributed by atoms with E-state index in [1.807, 2.05) is 18.2 Å². The highest BCUT2D eigenvalue weighted by Gasteiger charge is 2.50. The van der Waals surface area contributed by atoms with Crippen LogP contribution in [0.25, 0.3) is 0 Å². The van der Waals surface area contributed by atoms with Gasteiger partial charge in [0.05, 0.1) is 0 Å². The molecule has 0 amide bonds. The lowest BCUT2D eigenvalue weighted by atomic mass is 9.73. The van der Waals surface area contributed by atoms with E-state index in [0.717, 1.165) is 30.6 Å². The minimum absolute atomic E-state index is 0.0574. The summed E-state index contributed by atoms with van der Waals surface area (Å²) in [7, 11) is 0. The quantitative estimate of drug-likeness (QED) is 0.754. The van der Waals surface area contributed by atoms with Gasteiger partial charge >= 0.3 is 0 Å². The van der Waals surface area contributed by atoms with Crippen molar-refractivity contribution in [2.45, 2.75) is 63.1 Å². The standard InChI is InChI=1S/C20H24N2O2S/c1-19(2)12-20(22-18(25)21-19)11-14(13-7-4-3-5-8-13)17-15(23)9-6-10-16(17)24-20/h3-5,7-8,14H,6,9-12H2,1-2H3,(H2,21,22,25)/t14-,20+/m0/s1. The van der Waals surface area contributed by atoms with Crippen LogP contribution >= 0.6 is 12.2 Å². The lowest BCUT2D eigenvalue weighted by Gasteiger charge is -2.51. The van der Waals surface area contributed by atoms with Crippen LogP contribution in [0.1, 0.15) is 57.4 Å². The third-order valence-corrected chi connectivity index (χ3v) is 5.54. The van der Waals surface area contributed by atoms with Crippen LogP contribution in [-0.4, -0.2) is 22.2 Å². The molecule has 5 heteroatoms. The van der Waals surface area contributed by atoms with E-state index >= 15 is 0 Å². The second kappa shape index (κ2) is 5.84. The number of allylic oxidation sites excluding steroid dienone is 2. The Morgan fingerprint density at radius 2 is 1.92 bits per heavy atom. The molecule has 1 aliphatic carbocycles. The number of rotatable bonds is 1. The average Bonchev–Trinajstić information content (AvgIpc) is 2.52. The predicted octanol–water partition coefficient (Wildman–Crippen LogP) is 3.54. The van der Waals surface area contributed by atoms with Crippen LogP contribution in [0.15, 0.2) is 41.7 Å². The lowest BCUT2D eigenvalue weighted by molar-refractivity contribution is -0.120. The van der Waals surface area contributed by atoms with Crippen molar-refractivity contribution in [3.8, 4) is 0 Å². The van der Waals surface area contributed by atoms with Crippen molar-refractivity contribution in [3.63, 3.8) is 0 Å². The third kappa shape index (κ3) is 3.06. The number of benzene rings is 1. The summed E-state index contributed by atoms with van der Waals surface area (Å²) in [4.78, 5) is 12.7. The van der Waals surface area contributed by atoms with Gasteiger partial charge in [0.1, 0.15) is 5.76 Å². The minimum atomic E-state index is -0.553. The summed E-state index contributed by atoms with van der Waals surface area (Å²) in [6, 6.07) is 10.3. The maximum atomic E-state index is 12.7. The second-order valence-corrected chi connectivity index (χ2v) is 8.43. The molecule has 132 valence electrons. The van der Waals surface area contributed by atoms with Gasteiger partial charge in [-0.2, -0.15) is 0 Å². The van der Waals surface area contributed by atoms with Crippen LogP contribution in [0.4, 0.5) is 0 Å². The van der Waals surface area contributed by atoms with E-state index in [1.54, 1.807) is 0 Å². The largest absolute Gasteiger partial charge is 0.472 e. The van der Waals surface area contributed by atoms with Crippen LogP contribution in [0.3, 0.4) is 0 Å². The predicted molar refractivity (Wildman–Crippen MR) is 101 cm³/mol. The zero-order chi connectivity index (χ0) is 17.7. The molecule has 1 spiro atoms. The fourth-order valence-electron chi connectivity index (χ4n) is 4.54. The summed E-state index contributed by atoms with van der Waals surface area (Å²) >= 11 is 5.45. The summed E-state index contributed by atoms with van der Waals surface area (Å²) in [6.45, 7) is 4.28. The van der Waals surface area contributed by atoms with Crippen LogP contribution < -0.4 is 10.6 Å². The van der Waals surface area contributed by atoms with Crippen molar-refractivity contribution in [2.24, 2.45) is 0 Å². The Morgan fingerprint density at radius 3 is 2.64 bits per heavy atom. The van der Waals surface area contributed by atoms with E-state index in [1.165, 1.54) is 5.56 Å². The molecule has 1 aromatic carbocycles. The molecule has 25 heavy (non-hydrogen) atoms. The molecule has 2 atom stereocenters. The van der Waals surface area contributed by atoms with Crippen molar-refractivity contribution >= 4 is 23.1 Å². The van der Waals surface area contributed by atoms with Crippen molar-refractivity contribution in [3.05, 3.63) is 47.2 Å². The number of Topliss-reactive ketones (excluding diaryl/α,β-unsaturated/α-hetero) is 1. The molecule has 0 saturated carbocycles. The number of nitrogens with one attached hydrogen (secondary N) is 2. The van der Waals surface area contributed by atoms with Gasteiger partial charge in [-0.15, -0.1) is 0 Å². The van der Waals surface area contributed by atoms with Gasteiger partial charge in [0.2, 0.25) is 0 Å². The highest BCUT2D eigenvalue weighted by atomic mass is 32.1. The molecule has 0 bridgehead atoms. The van der Waals surface area contributed by atoms with Crippen molar-refractivity contribution in [1.82, 2.24) is 10.6 Å². The van der Waals surface area contributed by atoms with E-state index in [-0.39, 0.29) is 17.2 Å². The van der Waals surface area contributed by atoms with E-state index in [2.05, 4.69) is 36.6 Å². The van der Waals surface area contributed by atoms with Gasteiger partial charge in [0.25, 0.3) is 0 Å². The Labute approximate surface area is 154 Å². The van der Waals surface area contributed by atoms with Gasteiger partial charge < -0.3 is 15.4 Å². The first-order chi connectivity index (χ1) is 11.9. The van der Waals surface area contributed by atoms with Crippen molar-refractivity contribution < 1.29 is 9.53 Å². The molecule has 2 heterocycles. The molecule has 2 aliphatic heterocycles. The minimum Gasteiger partial charge on any atom is -0.472 e. The Bertz CT molecular complexity index is 756. The maximum absolute atomic E-state index is 12.7. The molecule has 4 rings (SSSR count). The fraction of sp³-hybridized carbons (Fsp3) is 0.500. The monoisotopic (exact) mass is 356 g/mol. The topological polar surface area (TPSA) is 50.4 Å². The van der Waals surface area contributed by atoms with Crippen molar-refractivity contribution in [2.75, 3.05) is 0 Å². The lowest BCUT2D eigenvalue weighted by Crippen LogP contribution is -2.68. The highest BCUT2D eigenvalue weighted by Crippen LogP contribution is 2.47. The van der Waals surface area contributed by atoms with E-state index in [4.69, 9.17) is 17.0 Å². The van der Waals surface area contributed by atoms with Crippen molar-refractivity contribution in [1.29, 1.82) is 0 Å². The first-order valence-corrected chi connectivity index (χ1v) is 9.39. The molecule has 0 unspecified atom stereocenters. The smallest absolute Gasteiger partial charge is 0.184 e. The molecule has 0 radical (unpaired) electrons. The zero-order valence-electron chi connectivity index (χ0n) is 14.7. The average molecular weight is 356 g/mol. The van der Waals surface area contributed by atoms with E-state index in [0.29, 0.717) is 18.0 Å². The molecule has 3 aliphatic rings. The molecule has 0 aromatic heterocycles. The van der Waals surface area contributed by atoms with Gasteiger partial charge in [-0.1, -0.05) is 30.3 Å². The number of ketones is 1. The molecule has 1 saturated heterocycles. The van der Waals surface area contributed by atoms with Crippen LogP contribution in [0.2, 0.25) is 0 Å². The summed E-state index contributed by atoms with van der Waals surface area (Å²) in [5.41, 5.74) is 1.35. The molecule has 4 nitrogen and oxygen atoms in total. The number of hydrogen-bond acceptors (Lipinski definition) is 3. The molecule has 2 N–H and O–H groups in total. The summed E-state index contributed by atoms with van der Waals surface area (Å²) < 4.78 is 6.47. The highest BCUT2D eigenvalue weighted by molar-refractivity contribution is 7.80. The number of carbonyl (C=O) groups is 1. The van der Waals surface area contributed by atoms with Crippen LogP contribution in [0, 0.1) is 0 Å². The molecular formula is C20H24N2O2S. The Balaban J connectivity index is 1.79.